The summed E-state index contributed by atoms with van der Waals surface area (Å²) in [6, 6.07) is 12.3. The van der Waals surface area contributed by atoms with E-state index in [0.29, 0.717) is 45.5 Å². The summed E-state index contributed by atoms with van der Waals surface area (Å²) in [6.07, 6.45) is 1.74. The summed E-state index contributed by atoms with van der Waals surface area (Å²) in [7, 11) is 0. The lowest BCUT2D eigenvalue weighted by Gasteiger charge is -2.09. The SMILES string of the molecule is C=CCn1c(COc2ccc(Cl)cc2)nnc1SCC(=O)Nc1ccc2c(c1)OCO2. The van der Waals surface area contributed by atoms with Crippen molar-refractivity contribution in [1.29, 1.82) is 0 Å². The molecular weight excluding hydrogens is 440 g/mol. The molecule has 1 aromatic heterocycles. The number of amides is 1. The van der Waals surface area contributed by atoms with Gasteiger partial charge in [0.15, 0.2) is 22.5 Å². The van der Waals surface area contributed by atoms with E-state index in [2.05, 4.69) is 22.1 Å². The van der Waals surface area contributed by atoms with Crippen LogP contribution in [0, 0.1) is 0 Å². The number of fused-ring (bicyclic) bond motifs is 1. The van der Waals surface area contributed by atoms with Crippen molar-refractivity contribution in [3.05, 3.63) is 66.0 Å². The van der Waals surface area contributed by atoms with Gasteiger partial charge in [-0.3, -0.25) is 9.36 Å². The molecule has 8 nitrogen and oxygen atoms in total. The maximum Gasteiger partial charge on any atom is 0.234 e. The molecule has 0 radical (unpaired) electrons. The predicted octanol–water partition coefficient (Wildman–Crippen LogP) is 4.16. The van der Waals surface area contributed by atoms with Crippen LogP contribution in [-0.4, -0.2) is 33.2 Å². The summed E-state index contributed by atoms with van der Waals surface area (Å²) < 4.78 is 18.2. The van der Waals surface area contributed by atoms with Crippen molar-refractivity contribution in [2.75, 3.05) is 17.9 Å². The zero-order valence-corrected chi connectivity index (χ0v) is 18.0. The number of ether oxygens (including phenoxy) is 3. The maximum absolute atomic E-state index is 12.4. The number of hydrogen-bond acceptors (Lipinski definition) is 7. The molecule has 0 fully saturated rings. The Labute approximate surface area is 188 Å². The van der Waals surface area contributed by atoms with Crippen LogP contribution >= 0.6 is 23.4 Å². The van der Waals surface area contributed by atoms with Gasteiger partial charge in [0, 0.05) is 23.3 Å². The number of nitrogens with one attached hydrogen (secondary N) is 1. The molecule has 10 heteroatoms. The van der Waals surface area contributed by atoms with Crippen LogP contribution in [-0.2, 0) is 17.9 Å². The number of allylic oxidation sites excluding steroid dienone is 1. The van der Waals surface area contributed by atoms with Gasteiger partial charge in [0.05, 0.1) is 5.75 Å². The number of thioether (sulfide) groups is 1. The fourth-order valence-electron chi connectivity index (χ4n) is 2.83. The van der Waals surface area contributed by atoms with Gasteiger partial charge < -0.3 is 19.5 Å². The van der Waals surface area contributed by atoms with Gasteiger partial charge in [0.2, 0.25) is 12.7 Å². The zero-order valence-electron chi connectivity index (χ0n) is 16.4. The highest BCUT2D eigenvalue weighted by molar-refractivity contribution is 7.99. The summed E-state index contributed by atoms with van der Waals surface area (Å²) in [4.78, 5) is 12.4. The third-order valence-electron chi connectivity index (χ3n) is 4.28. The van der Waals surface area contributed by atoms with Crippen LogP contribution in [0.5, 0.6) is 17.2 Å². The van der Waals surface area contributed by atoms with Crippen LogP contribution in [0.2, 0.25) is 5.02 Å². The quantitative estimate of drug-likeness (QED) is 0.380. The number of benzene rings is 2. The molecule has 160 valence electrons. The molecule has 0 saturated heterocycles. The lowest BCUT2D eigenvalue weighted by atomic mass is 10.3. The third kappa shape index (κ3) is 5.31. The van der Waals surface area contributed by atoms with E-state index < -0.39 is 0 Å². The zero-order chi connectivity index (χ0) is 21.6. The number of anilines is 1. The molecule has 4 rings (SSSR count). The molecule has 0 spiro atoms. The molecule has 1 N–H and O–H groups in total. The minimum Gasteiger partial charge on any atom is -0.486 e. The van der Waals surface area contributed by atoms with Gasteiger partial charge in [-0.1, -0.05) is 29.4 Å². The molecule has 0 unspecified atom stereocenters. The van der Waals surface area contributed by atoms with Gasteiger partial charge in [-0.2, -0.15) is 0 Å². The molecule has 3 aromatic rings. The summed E-state index contributed by atoms with van der Waals surface area (Å²) in [5, 5.41) is 12.5. The van der Waals surface area contributed by atoms with Crippen molar-refractivity contribution in [1.82, 2.24) is 14.8 Å². The Kier molecular flexibility index (Phi) is 6.63. The van der Waals surface area contributed by atoms with Crippen LogP contribution in [0.25, 0.3) is 0 Å². The summed E-state index contributed by atoms with van der Waals surface area (Å²) >= 11 is 7.18. The van der Waals surface area contributed by atoms with Gasteiger partial charge in [0.25, 0.3) is 0 Å². The number of halogens is 1. The Morgan fingerprint density at radius 2 is 2.03 bits per heavy atom. The standard InChI is InChI=1S/C21H19ClN4O4S/c1-2-9-26-19(11-28-16-6-3-14(22)4-7-16)24-25-21(26)31-12-20(27)23-15-5-8-17-18(10-15)30-13-29-17/h2-8,10H,1,9,11-13H2,(H,23,27). The first kappa shape index (κ1) is 21.1. The van der Waals surface area contributed by atoms with Crippen LogP contribution in [0.3, 0.4) is 0 Å². The molecule has 31 heavy (non-hydrogen) atoms. The second kappa shape index (κ2) is 9.76. The predicted molar refractivity (Wildman–Crippen MR) is 118 cm³/mol. The van der Waals surface area contributed by atoms with Crippen LogP contribution in [0.15, 0.2) is 60.3 Å². The first-order valence-electron chi connectivity index (χ1n) is 9.36. The average molecular weight is 459 g/mol. The van der Waals surface area contributed by atoms with Crippen molar-refractivity contribution in [3.8, 4) is 17.2 Å². The second-order valence-corrected chi connectivity index (χ2v) is 7.82. The number of nitrogens with zero attached hydrogens (tertiary/aromatic N) is 3. The molecule has 0 atom stereocenters. The van der Waals surface area contributed by atoms with E-state index in [1.165, 1.54) is 11.8 Å². The van der Waals surface area contributed by atoms with Crippen molar-refractivity contribution < 1.29 is 19.0 Å². The maximum atomic E-state index is 12.4. The Balaban J connectivity index is 1.35. The van der Waals surface area contributed by atoms with E-state index >= 15 is 0 Å². The normalized spacial score (nSPS) is 11.9. The van der Waals surface area contributed by atoms with Crippen molar-refractivity contribution in [3.63, 3.8) is 0 Å². The molecule has 2 aromatic carbocycles. The lowest BCUT2D eigenvalue weighted by molar-refractivity contribution is -0.113. The average Bonchev–Trinajstić information content (AvgIpc) is 3.39. The van der Waals surface area contributed by atoms with Crippen LogP contribution < -0.4 is 19.5 Å². The van der Waals surface area contributed by atoms with Gasteiger partial charge in [-0.05, 0) is 36.4 Å². The minimum atomic E-state index is -0.170. The fourth-order valence-corrected chi connectivity index (χ4v) is 3.72. The van der Waals surface area contributed by atoms with Gasteiger partial charge in [0.1, 0.15) is 12.4 Å². The van der Waals surface area contributed by atoms with E-state index in [0.717, 1.165) is 0 Å². The van der Waals surface area contributed by atoms with E-state index in [1.807, 2.05) is 4.57 Å². The molecule has 1 amide bonds. The molecular formula is C21H19ClN4O4S. The van der Waals surface area contributed by atoms with Crippen LogP contribution in [0.1, 0.15) is 5.82 Å². The van der Waals surface area contributed by atoms with E-state index in [1.54, 1.807) is 48.5 Å². The van der Waals surface area contributed by atoms with E-state index in [-0.39, 0.29) is 25.1 Å². The number of rotatable bonds is 9. The molecule has 0 bridgehead atoms. The van der Waals surface area contributed by atoms with Gasteiger partial charge >= 0.3 is 0 Å². The molecule has 0 aliphatic carbocycles. The second-order valence-electron chi connectivity index (χ2n) is 6.45. The van der Waals surface area contributed by atoms with Crippen molar-refractivity contribution >= 4 is 35.0 Å². The largest absolute Gasteiger partial charge is 0.486 e. The van der Waals surface area contributed by atoms with Crippen molar-refractivity contribution in [2.24, 2.45) is 0 Å². The highest BCUT2D eigenvalue weighted by atomic mass is 35.5. The molecule has 1 aliphatic heterocycles. The number of carbonyl (C=O) groups excluding carboxylic acids is 1. The lowest BCUT2D eigenvalue weighted by Crippen LogP contribution is -2.15. The fraction of sp³-hybridized carbons (Fsp3) is 0.190. The Morgan fingerprint density at radius 1 is 1.23 bits per heavy atom. The number of hydrogen-bond donors (Lipinski definition) is 1. The summed E-state index contributed by atoms with van der Waals surface area (Å²) in [6.45, 7) is 4.70. The molecule has 1 aliphatic rings. The van der Waals surface area contributed by atoms with Gasteiger partial charge in [-0.25, -0.2) is 0 Å². The first-order valence-corrected chi connectivity index (χ1v) is 10.7. The Hall–Kier alpha value is -3.17. The van der Waals surface area contributed by atoms with E-state index in [9.17, 15) is 4.79 Å². The van der Waals surface area contributed by atoms with Crippen molar-refractivity contribution in [2.45, 2.75) is 18.3 Å². The number of aromatic nitrogens is 3. The molecule has 0 saturated carbocycles. The highest BCUT2D eigenvalue weighted by Gasteiger charge is 2.16. The third-order valence-corrected chi connectivity index (χ3v) is 5.49. The summed E-state index contributed by atoms with van der Waals surface area (Å²) in [5.74, 6) is 2.58. The monoisotopic (exact) mass is 458 g/mol. The Morgan fingerprint density at radius 3 is 2.84 bits per heavy atom. The highest BCUT2D eigenvalue weighted by Crippen LogP contribution is 2.34. The Bertz CT molecular complexity index is 1090. The van der Waals surface area contributed by atoms with Crippen LogP contribution in [0.4, 0.5) is 5.69 Å². The first-order chi connectivity index (χ1) is 15.1. The number of carbonyl (C=O) groups is 1. The smallest absolute Gasteiger partial charge is 0.234 e. The molecule has 2 heterocycles. The topological polar surface area (TPSA) is 87.5 Å². The van der Waals surface area contributed by atoms with E-state index in [4.69, 9.17) is 25.8 Å². The van der Waals surface area contributed by atoms with Gasteiger partial charge in [-0.15, -0.1) is 16.8 Å². The minimum absolute atomic E-state index is 0.168. The summed E-state index contributed by atoms with van der Waals surface area (Å²) in [5.41, 5.74) is 0.638.